The van der Waals surface area contributed by atoms with E-state index in [9.17, 15) is 31.5 Å². The molecule has 15 heteroatoms. The number of halogens is 5. The summed E-state index contributed by atoms with van der Waals surface area (Å²) in [7, 11) is 1.21. The molecular formula is C25H24F5N5O5. The molecule has 10 nitrogen and oxygen atoms in total. The smallest absolute Gasteiger partial charge is 0.491 e. The first kappa shape index (κ1) is 28.6. The van der Waals surface area contributed by atoms with Crippen molar-refractivity contribution in [3.05, 3.63) is 59.5 Å². The lowest BCUT2D eigenvalue weighted by atomic mass is 10.0. The summed E-state index contributed by atoms with van der Waals surface area (Å²) >= 11 is 0. The second-order valence-corrected chi connectivity index (χ2v) is 8.88. The van der Waals surface area contributed by atoms with Gasteiger partial charge in [0.1, 0.15) is 5.75 Å². The van der Waals surface area contributed by atoms with E-state index in [1.54, 1.807) is 4.68 Å². The maximum Gasteiger partial charge on any atom is 0.573 e. The van der Waals surface area contributed by atoms with Crippen LogP contribution >= 0.6 is 0 Å². The maximum atomic E-state index is 13.5. The van der Waals surface area contributed by atoms with Crippen LogP contribution < -0.4 is 24.4 Å². The first-order valence-electron chi connectivity index (χ1n) is 11.9. The Morgan fingerprint density at radius 3 is 2.50 bits per heavy atom. The van der Waals surface area contributed by atoms with Crippen LogP contribution in [0.25, 0.3) is 0 Å². The van der Waals surface area contributed by atoms with E-state index >= 15 is 0 Å². The van der Waals surface area contributed by atoms with Gasteiger partial charge in [0, 0.05) is 24.8 Å². The van der Waals surface area contributed by atoms with Gasteiger partial charge in [0.25, 0.3) is 17.7 Å². The van der Waals surface area contributed by atoms with Gasteiger partial charge in [0.2, 0.25) is 0 Å². The van der Waals surface area contributed by atoms with Crippen molar-refractivity contribution in [2.75, 3.05) is 18.6 Å². The molecule has 3 heterocycles. The summed E-state index contributed by atoms with van der Waals surface area (Å²) < 4.78 is 78.9. The highest BCUT2D eigenvalue weighted by Gasteiger charge is 2.36. The minimum Gasteiger partial charge on any atom is -0.491 e. The average Bonchev–Trinajstić information content (AvgIpc) is 3.34. The Labute approximate surface area is 224 Å². The molecule has 40 heavy (non-hydrogen) atoms. The number of carbonyl (C=O) groups is 2. The van der Waals surface area contributed by atoms with Gasteiger partial charge < -0.3 is 24.4 Å². The van der Waals surface area contributed by atoms with E-state index in [2.05, 4.69) is 24.9 Å². The van der Waals surface area contributed by atoms with E-state index in [1.165, 1.54) is 42.5 Å². The van der Waals surface area contributed by atoms with E-state index in [-0.39, 0.29) is 35.9 Å². The van der Waals surface area contributed by atoms with Crippen LogP contribution in [0.1, 0.15) is 58.8 Å². The van der Waals surface area contributed by atoms with Crippen molar-refractivity contribution < 1.29 is 45.8 Å². The average molecular weight is 569 g/mol. The molecular weight excluding hydrogens is 545 g/mol. The lowest BCUT2D eigenvalue weighted by Gasteiger charge is -2.33. The van der Waals surface area contributed by atoms with Gasteiger partial charge in [-0.15, -0.1) is 13.2 Å². The molecule has 2 aromatic heterocycles. The number of hydrogen-bond acceptors (Lipinski definition) is 7. The fourth-order valence-electron chi connectivity index (χ4n) is 4.31. The molecule has 4 rings (SSSR count). The van der Waals surface area contributed by atoms with Crippen molar-refractivity contribution >= 4 is 17.5 Å². The Hall–Kier alpha value is -4.43. The van der Waals surface area contributed by atoms with E-state index < -0.39 is 42.5 Å². The molecule has 0 saturated heterocycles. The zero-order valence-electron chi connectivity index (χ0n) is 21.4. The zero-order chi connectivity index (χ0) is 29.2. The number of benzene rings is 1. The largest absolute Gasteiger partial charge is 0.573 e. The monoisotopic (exact) mass is 569 g/mol. The van der Waals surface area contributed by atoms with Gasteiger partial charge in [-0.05, 0) is 32.4 Å². The third kappa shape index (κ3) is 6.07. The number of methoxy groups -OCH3 is 1. The van der Waals surface area contributed by atoms with E-state index in [1.807, 2.05) is 13.8 Å². The minimum absolute atomic E-state index is 0.0161. The predicted molar refractivity (Wildman–Crippen MR) is 130 cm³/mol. The Morgan fingerprint density at radius 2 is 1.85 bits per heavy atom. The maximum absolute atomic E-state index is 13.5. The van der Waals surface area contributed by atoms with E-state index in [0.29, 0.717) is 11.4 Å². The molecule has 3 aromatic rings. The van der Waals surface area contributed by atoms with Gasteiger partial charge in [-0.1, -0.05) is 12.1 Å². The summed E-state index contributed by atoms with van der Waals surface area (Å²) in [6.45, 7) is 0.596. The minimum atomic E-state index is -4.99. The highest BCUT2D eigenvalue weighted by atomic mass is 19.4. The molecule has 2 amide bonds. The quantitative estimate of drug-likeness (QED) is 0.385. The van der Waals surface area contributed by atoms with Crippen LogP contribution in [0, 0.1) is 0 Å². The first-order valence-corrected chi connectivity index (χ1v) is 11.9. The number of aromatic nitrogens is 3. The molecule has 0 saturated carbocycles. The summed E-state index contributed by atoms with van der Waals surface area (Å²) in [6, 6.07) is 5.25. The number of alkyl halides is 5. The Balaban J connectivity index is 1.64. The number of hydrogen-bond donors (Lipinski definition) is 1. The van der Waals surface area contributed by atoms with Crippen molar-refractivity contribution in [1.29, 1.82) is 0 Å². The topological polar surface area (TPSA) is 108 Å². The van der Waals surface area contributed by atoms with Crippen LogP contribution in [-0.4, -0.2) is 53.2 Å². The fourth-order valence-corrected chi connectivity index (χ4v) is 4.31. The van der Waals surface area contributed by atoms with Crippen LogP contribution in [0.3, 0.4) is 0 Å². The number of carbonyl (C=O) groups excluding carboxylic acids is 2. The molecule has 1 N–H and O–H groups in total. The van der Waals surface area contributed by atoms with Crippen molar-refractivity contribution in [1.82, 2.24) is 20.1 Å². The highest BCUT2D eigenvalue weighted by Crippen LogP contribution is 2.37. The number of nitrogens with zero attached hydrogens (tertiary/aromatic N) is 4. The SMILES string of the molecule is COc1cc(C(=O)N2CC[C@H](NC(=O)c3ccccc3OC(F)(F)F)c3c2cnn3C(C)C)cnc1OC(F)F. The number of fused-ring (bicyclic) bond motifs is 1. The molecule has 0 radical (unpaired) electrons. The van der Waals surface area contributed by atoms with Crippen LogP contribution in [0.15, 0.2) is 42.7 Å². The Morgan fingerprint density at radius 1 is 1.12 bits per heavy atom. The summed E-state index contributed by atoms with van der Waals surface area (Å²) in [6.07, 6.45) is -2.30. The van der Waals surface area contributed by atoms with Gasteiger partial charge in [-0.3, -0.25) is 14.3 Å². The Bertz CT molecular complexity index is 1390. The normalized spacial score (nSPS) is 15.2. The van der Waals surface area contributed by atoms with Gasteiger partial charge in [0.05, 0.1) is 41.9 Å². The van der Waals surface area contributed by atoms with Crippen LogP contribution in [0.5, 0.6) is 17.4 Å². The third-order valence-corrected chi connectivity index (χ3v) is 5.96. The van der Waals surface area contributed by atoms with Gasteiger partial charge in [-0.2, -0.15) is 13.9 Å². The number of amides is 2. The number of rotatable bonds is 8. The summed E-state index contributed by atoms with van der Waals surface area (Å²) in [5, 5.41) is 7.09. The molecule has 0 bridgehead atoms. The zero-order valence-corrected chi connectivity index (χ0v) is 21.4. The first-order chi connectivity index (χ1) is 18.9. The lowest BCUT2D eigenvalue weighted by molar-refractivity contribution is -0.274. The van der Waals surface area contributed by atoms with Crippen LogP contribution in [0.2, 0.25) is 0 Å². The summed E-state index contributed by atoms with van der Waals surface area (Å²) in [4.78, 5) is 31.7. The molecule has 0 aliphatic carbocycles. The van der Waals surface area contributed by atoms with Gasteiger partial charge in [-0.25, -0.2) is 4.98 Å². The highest BCUT2D eigenvalue weighted by molar-refractivity contribution is 6.07. The second-order valence-electron chi connectivity index (χ2n) is 8.88. The fraction of sp³-hybridized carbons (Fsp3) is 0.360. The van der Waals surface area contributed by atoms with Gasteiger partial charge in [0.15, 0.2) is 5.75 Å². The molecule has 214 valence electrons. The molecule has 1 aliphatic heterocycles. The molecule has 1 atom stereocenters. The molecule has 1 aromatic carbocycles. The molecule has 0 unspecified atom stereocenters. The van der Waals surface area contributed by atoms with Gasteiger partial charge >= 0.3 is 13.0 Å². The number of ether oxygens (including phenoxy) is 3. The summed E-state index contributed by atoms with van der Waals surface area (Å²) in [5.74, 6) is -2.67. The number of para-hydroxylation sites is 1. The van der Waals surface area contributed by atoms with Crippen molar-refractivity contribution in [2.45, 2.75) is 45.3 Å². The van der Waals surface area contributed by atoms with Crippen molar-refractivity contribution in [2.24, 2.45) is 0 Å². The lowest BCUT2D eigenvalue weighted by Crippen LogP contribution is -2.42. The van der Waals surface area contributed by atoms with Crippen molar-refractivity contribution in [3.8, 4) is 17.4 Å². The molecule has 1 aliphatic rings. The standard InChI is InChI=1S/C25H24F5N5O5/c1-13(2)35-20-16(33-21(36)15-6-4-5-7-18(15)40-25(28,29)30)8-9-34(17(20)12-32-35)23(37)14-10-19(38-3)22(31-11-14)39-24(26)27/h4-7,10-13,16,24H,8-9H2,1-3H3,(H,33,36)/t16-/m0/s1. The van der Waals surface area contributed by atoms with Crippen LogP contribution in [0.4, 0.5) is 27.6 Å². The number of anilines is 1. The number of nitrogens with one attached hydrogen (secondary N) is 1. The van der Waals surface area contributed by atoms with E-state index in [4.69, 9.17) is 4.74 Å². The van der Waals surface area contributed by atoms with Crippen molar-refractivity contribution in [3.63, 3.8) is 0 Å². The van der Waals surface area contributed by atoms with E-state index in [0.717, 1.165) is 12.3 Å². The molecule has 0 spiro atoms. The predicted octanol–water partition coefficient (Wildman–Crippen LogP) is 4.89. The summed E-state index contributed by atoms with van der Waals surface area (Å²) in [5.41, 5.74) is 0.499. The van der Waals surface area contributed by atoms with Crippen LogP contribution in [-0.2, 0) is 0 Å². The third-order valence-electron chi connectivity index (χ3n) is 5.96. The number of pyridine rings is 1. The Kier molecular flexibility index (Phi) is 8.11. The second kappa shape index (κ2) is 11.4. The molecule has 0 fully saturated rings.